The fraction of sp³-hybridized carbons (Fsp3) is 0.172. The molecule has 1 heterocycles. The number of anilines is 2. The van der Waals surface area contributed by atoms with Crippen LogP contribution in [-0.4, -0.2) is 45.9 Å². The maximum atomic E-state index is 13.1. The van der Waals surface area contributed by atoms with Crippen LogP contribution in [0.15, 0.2) is 79.1 Å². The zero-order valence-corrected chi connectivity index (χ0v) is 20.8. The topological polar surface area (TPSA) is 146 Å². The summed E-state index contributed by atoms with van der Waals surface area (Å²) in [5.41, 5.74) is 8.69. The molecular formula is C29H28N6O3. The van der Waals surface area contributed by atoms with Crippen molar-refractivity contribution >= 4 is 34.0 Å². The van der Waals surface area contributed by atoms with E-state index < -0.39 is 6.10 Å². The summed E-state index contributed by atoms with van der Waals surface area (Å²) in [5, 5.41) is 26.6. The third kappa shape index (κ3) is 5.05. The molecule has 0 bridgehead atoms. The summed E-state index contributed by atoms with van der Waals surface area (Å²) in [7, 11) is 1.55. The Morgan fingerprint density at radius 3 is 2.61 bits per heavy atom. The zero-order valence-electron chi connectivity index (χ0n) is 20.8. The summed E-state index contributed by atoms with van der Waals surface area (Å²) < 4.78 is 5.45. The Balaban J connectivity index is 1.31. The maximum Gasteiger partial charge on any atom is 0.255 e. The summed E-state index contributed by atoms with van der Waals surface area (Å²) in [5.74, 6) is 0.910. The van der Waals surface area contributed by atoms with Gasteiger partial charge in [-0.15, -0.1) is 0 Å². The van der Waals surface area contributed by atoms with Gasteiger partial charge < -0.3 is 26.2 Å². The number of aliphatic hydroxyl groups excluding tert-OH is 1. The second-order valence-electron chi connectivity index (χ2n) is 9.04. The minimum absolute atomic E-state index is 0.114. The number of carbonyl (C=O) groups is 1. The zero-order chi connectivity index (χ0) is 26.6. The summed E-state index contributed by atoms with van der Waals surface area (Å²) in [6.07, 6.45) is 4.94. The number of amides is 1. The first-order chi connectivity index (χ1) is 18.4. The van der Waals surface area contributed by atoms with E-state index in [1.165, 1.54) is 6.33 Å². The van der Waals surface area contributed by atoms with Gasteiger partial charge in [0.1, 0.15) is 23.7 Å². The third-order valence-corrected chi connectivity index (χ3v) is 6.54. The van der Waals surface area contributed by atoms with Crippen molar-refractivity contribution in [3.63, 3.8) is 0 Å². The molecule has 9 nitrogen and oxygen atoms in total. The summed E-state index contributed by atoms with van der Waals surface area (Å²) >= 11 is 0. The normalized spacial score (nSPS) is 16.4. The third-order valence-electron chi connectivity index (χ3n) is 6.54. The van der Waals surface area contributed by atoms with E-state index in [0.717, 1.165) is 16.3 Å². The number of hydrogen-bond acceptors (Lipinski definition) is 8. The molecule has 38 heavy (non-hydrogen) atoms. The number of aromatic nitrogens is 2. The van der Waals surface area contributed by atoms with Crippen molar-refractivity contribution in [3.05, 3.63) is 101 Å². The second-order valence-corrected chi connectivity index (χ2v) is 9.04. The van der Waals surface area contributed by atoms with Crippen molar-refractivity contribution in [3.8, 4) is 5.75 Å². The van der Waals surface area contributed by atoms with Crippen molar-refractivity contribution in [1.29, 1.82) is 5.41 Å². The van der Waals surface area contributed by atoms with Gasteiger partial charge in [-0.1, -0.05) is 66.7 Å². The number of methoxy groups -OCH3 is 1. The number of carbonyl (C=O) groups excluding carboxylic acids is 1. The molecule has 3 aromatic carbocycles. The van der Waals surface area contributed by atoms with E-state index in [1.807, 2.05) is 48.5 Å². The van der Waals surface area contributed by atoms with Crippen LogP contribution in [0, 0.1) is 5.41 Å². The minimum Gasteiger partial charge on any atom is -0.496 e. The molecule has 0 fully saturated rings. The van der Waals surface area contributed by atoms with E-state index in [2.05, 4.69) is 20.6 Å². The lowest BCUT2D eigenvalue weighted by Crippen LogP contribution is -2.23. The molecular weight excluding hydrogens is 480 g/mol. The Kier molecular flexibility index (Phi) is 7.01. The number of rotatable bonds is 8. The molecule has 0 aliphatic heterocycles. The van der Waals surface area contributed by atoms with Crippen molar-refractivity contribution in [1.82, 2.24) is 15.3 Å². The van der Waals surface area contributed by atoms with E-state index in [9.17, 15) is 9.90 Å². The summed E-state index contributed by atoms with van der Waals surface area (Å²) in [6, 6.07) is 18.6. The Labute approximate surface area is 219 Å². The van der Waals surface area contributed by atoms with Crippen LogP contribution in [-0.2, 0) is 6.54 Å². The number of benzene rings is 3. The van der Waals surface area contributed by atoms with Gasteiger partial charge >= 0.3 is 0 Å². The fourth-order valence-electron chi connectivity index (χ4n) is 4.58. The number of hydrogen-bond donors (Lipinski definition) is 5. The highest BCUT2D eigenvalue weighted by atomic mass is 16.5. The molecule has 1 amide bonds. The smallest absolute Gasteiger partial charge is 0.255 e. The molecule has 2 unspecified atom stereocenters. The first-order valence-electron chi connectivity index (χ1n) is 12.2. The molecule has 6 N–H and O–H groups in total. The quantitative estimate of drug-likeness (QED) is 0.180. The van der Waals surface area contributed by atoms with Gasteiger partial charge in [0.2, 0.25) is 0 Å². The van der Waals surface area contributed by atoms with Crippen LogP contribution in [0.3, 0.4) is 0 Å². The van der Waals surface area contributed by atoms with Gasteiger partial charge in [0.05, 0.1) is 30.1 Å². The van der Waals surface area contributed by atoms with Gasteiger partial charge in [0.25, 0.3) is 5.91 Å². The van der Waals surface area contributed by atoms with Crippen LogP contribution in [0.1, 0.15) is 33.5 Å². The number of ether oxygens (including phenoxy) is 1. The molecule has 0 spiro atoms. The molecule has 5 rings (SSSR count). The van der Waals surface area contributed by atoms with Crippen LogP contribution in [0.25, 0.3) is 10.8 Å². The lowest BCUT2D eigenvalue weighted by molar-refractivity contribution is 0.0949. The highest BCUT2D eigenvalue weighted by molar-refractivity contribution is 6.16. The molecule has 4 aromatic rings. The molecule has 1 aromatic heterocycles. The SMILES string of the molecule is COc1ccc2ccccc2c1C(=O)NCc1ccc(C(=N)c2c(N)ncnc2NC2C=CC(O)C2)cc1. The van der Waals surface area contributed by atoms with Gasteiger partial charge in [0.15, 0.2) is 0 Å². The standard InChI is InChI=1S/C29H28N6O3/c1-38-23-13-10-18-4-2-3-5-22(18)24(23)29(37)32-15-17-6-8-19(9-7-17)26(30)25-27(31)33-16-34-28(25)35-20-11-12-21(36)14-20/h2-13,16,20-21,30,36H,14-15H2,1H3,(H,32,37)(H3,31,33,34,35). The van der Waals surface area contributed by atoms with Gasteiger partial charge in [-0.2, -0.15) is 0 Å². The van der Waals surface area contributed by atoms with E-state index in [4.69, 9.17) is 15.9 Å². The molecule has 192 valence electrons. The minimum atomic E-state index is -0.510. The van der Waals surface area contributed by atoms with Crippen molar-refractivity contribution < 1.29 is 14.6 Å². The highest BCUT2D eigenvalue weighted by Gasteiger charge is 2.22. The molecule has 0 radical (unpaired) electrons. The Bertz CT molecular complexity index is 1530. The van der Waals surface area contributed by atoms with E-state index in [0.29, 0.717) is 41.2 Å². The predicted molar refractivity (Wildman–Crippen MR) is 148 cm³/mol. The van der Waals surface area contributed by atoms with Gasteiger partial charge in [-0.25, -0.2) is 9.97 Å². The lowest BCUT2D eigenvalue weighted by Gasteiger charge is -2.17. The molecule has 1 aliphatic carbocycles. The predicted octanol–water partition coefficient (Wildman–Crippen LogP) is 3.67. The fourth-order valence-corrected chi connectivity index (χ4v) is 4.58. The average molecular weight is 509 g/mol. The van der Waals surface area contributed by atoms with Crippen LogP contribution in [0.4, 0.5) is 11.6 Å². The van der Waals surface area contributed by atoms with Gasteiger partial charge in [-0.05, 0) is 22.4 Å². The Hall–Kier alpha value is -4.76. The van der Waals surface area contributed by atoms with Crippen LogP contribution >= 0.6 is 0 Å². The summed E-state index contributed by atoms with van der Waals surface area (Å²) in [4.78, 5) is 21.5. The van der Waals surface area contributed by atoms with E-state index in [1.54, 1.807) is 31.4 Å². The monoisotopic (exact) mass is 508 g/mol. The number of nitrogens with one attached hydrogen (secondary N) is 3. The second kappa shape index (κ2) is 10.7. The van der Waals surface area contributed by atoms with E-state index >= 15 is 0 Å². The van der Waals surface area contributed by atoms with E-state index in [-0.39, 0.29) is 23.5 Å². The number of fused-ring (bicyclic) bond motifs is 1. The Morgan fingerprint density at radius 2 is 1.87 bits per heavy atom. The summed E-state index contributed by atoms with van der Waals surface area (Å²) in [6.45, 7) is 0.304. The van der Waals surface area contributed by atoms with Crippen molar-refractivity contribution in [2.45, 2.75) is 25.1 Å². The number of nitrogens with two attached hydrogens (primary N) is 1. The first kappa shape index (κ1) is 24.9. The number of nitrogen functional groups attached to an aromatic ring is 1. The largest absolute Gasteiger partial charge is 0.496 e. The lowest BCUT2D eigenvalue weighted by atomic mass is 10.0. The van der Waals surface area contributed by atoms with Crippen molar-refractivity contribution in [2.75, 3.05) is 18.2 Å². The molecule has 1 aliphatic rings. The molecule has 9 heteroatoms. The number of nitrogens with zero attached hydrogens (tertiary/aromatic N) is 2. The maximum absolute atomic E-state index is 13.1. The van der Waals surface area contributed by atoms with Crippen molar-refractivity contribution in [2.24, 2.45) is 0 Å². The van der Waals surface area contributed by atoms with Crippen LogP contribution in [0.2, 0.25) is 0 Å². The van der Waals surface area contributed by atoms with Crippen LogP contribution in [0.5, 0.6) is 5.75 Å². The first-order valence-corrected chi connectivity index (χ1v) is 12.2. The average Bonchev–Trinajstić information content (AvgIpc) is 3.35. The van der Waals surface area contributed by atoms with Crippen LogP contribution < -0.4 is 21.1 Å². The van der Waals surface area contributed by atoms with Gasteiger partial charge in [-0.3, -0.25) is 10.2 Å². The molecule has 2 atom stereocenters. The molecule has 0 saturated carbocycles. The molecule has 0 saturated heterocycles. The van der Waals surface area contributed by atoms with Gasteiger partial charge in [0, 0.05) is 24.6 Å². The number of aliphatic hydroxyl groups is 1. The Morgan fingerprint density at radius 1 is 1.08 bits per heavy atom. The highest BCUT2D eigenvalue weighted by Crippen LogP contribution is 2.28.